The van der Waals surface area contributed by atoms with Crippen LogP contribution in [0, 0.1) is 18.8 Å². The molecule has 0 atom stereocenters. The Hall–Kier alpha value is -1.75. The Morgan fingerprint density at radius 3 is 2.79 bits per heavy atom. The van der Waals surface area contributed by atoms with Crippen LogP contribution in [0.1, 0.15) is 29.3 Å². The molecule has 2 heteroatoms. The highest BCUT2D eigenvalue weighted by atomic mass is 16.1. The van der Waals surface area contributed by atoms with Crippen molar-refractivity contribution in [2.75, 3.05) is 5.73 Å². The van der Waals surface area contributed by atoms with Crippen molar-refractivity contribution >= 4 is 11.5 Å². The van der Waals surface area contributed by atoms with Gasteiger partial charge in [0, 0.05) is 11.3 Å². The van der Waals surface area contributed by atoms with Crippen LogP contribution in [0.3, 0.4) is 0 Å². The fourth-order valence-electron chi connectivity index (χ4n) is 1.12. The molecule has 14 heavy (non-hydrogen) atoms. The normalized spacial score (nSPS) is 9.00. The first-order valence-electron chi connectivity index (χ1n) is 4.44. The van der Waals surface area contributed by atoms with E-state index < -0.39 is 0 Å². The average Bonchev–Trinajstić information content (AvgIpc) is 2.18. The van der Waals surface area contributed by atoms with Crippen LogP contribution in [0.25, 0.3) is 0 Å². The van der Waals surface area contributed by atoms with Gasteiger partial charge in [-0.05, 0) is 37.6 Å². The van der Waals surface area contributed by atoms with E-state index >= 15 is 0 Å². The smallest absolute Gasteiger partial charge is 0.174 e. The second kappa shape index (κ2) is 4.48. The number of ketones is 1. The number of aryl methyl sites for hydroxylation is 1. The summed E-state index contributed by atoms with van der Waals surface area (Å²) in [5.74, 6) is 5.49. The lowest BCUT2D eigenvalue weighted by Gasteiger charge is -2.02. The lowest BCUT2D eigenvalue weighted by atomic mass is 10.0. The molecule has 1 aromatic carbocycles. The molecule has 0 unspecified atom stereocenters. The van der Waals surface area contributed by atoms with Gasteiger partial charge < -0.3 is 5.73 Å². The average molecular weight is 187 g/mol. The van der Waals surface area contributed by atoms with E-state index in [2.05, 4.69) is 11.8 Å². The first-order valence-corrected chi connectivity index (χ1v) is 4.44. The van der Waals surface area contributed by atoms with Gasteiger partial charge in [0.2, 0.25) is 0 Å². The lowest BCUT2D eigenvalue weighted by Crippen LogP contribution is -1.99. The zero-order valence-electron chi connectivity index (χ0n) is 8.42. The quantitative estimate of drug-likeness (QED) is 0.438. The number of anilines is 1. The maximum absolute atomic E-state index is 11.5. The Morgan fingerprint density at radius 1 is 1.50 bits per heavy atom. The summed E-state index contributed by atoms with van der Waals surface area (Å²) in [6, 6.07) is 5.29. The molecule has 2 nitrogen and oxygen atoms in total. The van der Waals surface area contributed by atoms with E-state index in [1.807, 2.05) is 6.92 Å². The number of nitrogen functional groups attached to an aromatic ring is 1. The van der Waals surface area contributed by atoms with Crippen LogP contribution in [0.4, 0.5) is 5.69 Å². The molecule has 0 heterocycles. The molecule has 0 fully saturated rings. The standard InChI is InChI=1S/C12H13NO/c1-3-4-5-12(14)10-6-7-11(13)9(2)8-10/h6-8H,5,13H2,1-2H3. The molecule has 1 aromatic rings. The molecule has 0 aliphatic heterocycles. The monoisotopic (exact) mass is 187 g/mol. The molecule has 0 bridgehead atoms. The highest BCUT2D eigenvalue weighted by molar-refractivity contribution is 5.98. The van der Waals surface area contributed by atoms with Crippen molar-refractivity contribution in [3.05, 3.63) is 29.3 Å². The van der Waals surface area contributed by atoms with E-state index in [0.717, 1.165) is 5.56 Å². The van der Waals surface area contributed by atoms with Crippen molar-refractivity contribution < 1.29 is 4.79 Å². The number of hydrogen-bond acceptors (Lipinski definition) is 2. The maximum Gasteiger partial charge on any atom is 0.174 e. The predicted molar refractivity (Wildman–Crippen MR) is 58.0 cm³/mol. The van der Waals surface area contributed by atoms with Gasteiger partial charge >= 0.3 is 0 Å². The van der Waals surface area contributed by atoms with Gasteiger partial charge in [-0.1, -0.05) is 5.92 Å². The second-order valence-corrected chi connectivity index (χ2v) is 3.10. The van der Waals surface area contributed by atoms with E-state index in [0.29, 0.717) is 11.3 Å². The van der Waals surface area contributed by atoms with Crippen molar-refractivity contribution in [2.45, 2.75) is 20.3 Å². The third-order valence-electron chi connectivity index (χ3n) is 2.02. The van der Waals surface area contributed by atoms with E-state index in [-0.39, 0.29) is 12.2 Å². The van der Waals surface area contributed by atoms with Crippen LogP contribution < -0.4 is 5.73 Å². The fourth-order valence-corrected chi connectivity index (χ4v) is 1.12. The predicted octanol–water partition coefficient (Wildman–Crippen LogP) is 2.17. The first kappa shape index (κ1) is 10.3. The number of carbonyl (C=O) groups is 1. The summed E-state index contributed by atoms with van der Waals surface area (Å²) in [7, 11) is 0. The van der Waals surface area contributed by atoms with Gasteiger partial charge in [-0.25, -0.2) is 0 Å². The number of rotatable bonds is 2. The third kappa shape index (κ3) is 2.37. The minimum absolute atomic E-state index is 0.0439. The van der Waals surface area contributed by atoms with Crippen LogP contribution >= 0.6 is 0 Å². The molecule has 0 saturated carbocycles. The molecular weight excluding hydrogens is 174 g/mol. The third-order valence-corrected chi connectivity index (χ3v) is 2.02. The van der Waals surface area contributed by atoms with Crippen LogP contribution in [0.2, 0.25) is 0 Å². The first-order chi connectivity index (χ1) is 6.65. The van der Waals surface area contributed by atoms with Crippen molar-refractivity contribution in [1.29, 1.82) is 0 Å². The van der Waals surface area contributed by atoms with Crippen molar-refractivity contribution in [1.82, 2.24) is 0 Å². The number of nitrogens with two attached hydrogens (primary N) is 1. The summed E-state index contributed by atoms with van der Waals surface area (Å²) in [5, 5.41) is 0. The van der Waals surface area contributed by atoms with E-state index in [9.17, 15) is 4.79 Å². The van der Waals surface area contributed by atoms with Gasteiger partial charge in [0.1, 0.15) is 0 Å². The Bertz CT molecular complexity index is 410. The van der Waals surface area contributed by atoms with E-state index in [1.165, 1.54) is 0 Å². The SMILES string of the molecule is CC#CCC(=O)c1ccc(N)c(C)c1. The molecule has 0 radical (unpaired) electrons. The minimum atomic E-state index is 0.0439. The summed E-state index contributed by atoms with van der Waals surface area (Å²) >= 11 is 0. The number of hydrogen-bond donors (Lipinski definition) is 1. The van der Waals surface area contributed by atoms with Crippen molar-refractivity contribution in [2.24, 2.45) is 0 Å². The van der Waals surface area contributed by atoms with Crippen molar-refractivity contribution in [3.63, 3.8) is 0 Å². The molecule has 0 aromatic heterocycles. The van der Waals surface area contributed by atoms with Gasteiger partial charge in [-0.15, -0.1) is 5.92 Å². The molecule has 2 N–H and O–H groups in total. The molecule has 0 saturated heterocycles. The topological polar surface area (TPSA) is 43.1 Å². The molecular formula is C12H13NO. The molecule has 0 spiro atoms. The molecule has 72 valence electrons. The van der Waals surface area contributed by atoms with Crippen LogP contribution in [0.15, 0.2) is 18.2 Å². The Morgan fingerprint density at radius 2 is 2.21 bits per heavy atom. The Labute approximate surface area is 84.1 Å². The van der Waals surface area contributed by atoms with Gasteiger partial charge in [0.15, 0.2) is 5.78 Å². The Kier molecular flexibility index (Phi) is 3.30. The van der Waals surface area contributed by atoms with Gasteiger partial charge in [-0.3, -0.25) is 4.79 Å². The largest absolute Gasteiger partial charge is 0.399 e. The summed E-state index contributed by atoms with van der Waals surface area (Å²) in [5.41, 5.74) is 7.97. The summed E-state index contributed by atoms with van der Waals surface area (Å²) in [4.78, 5) is 11.5. The highest BCUT2D eigenvalue weighted by Gasteiger charge is 2.04. The van der Waals surface area contributed by atoms with Crippen molar-refractivity contribution in [3.8, 4) is 11.8 Å². The summed E-state index contributed by atoms with van der Waals surface area (Å²) in [6.45, 7) is 3.61. The van der Waals surface area contributed by atoms with Crippen LogP contribution in [-0.4, -0.2) is 5.78 Å². The molecule has 1 rings (SSSR count). The zero-order chi connectivity index (χ0) is 10.6. The van der Waals surface area contributed by atoms with Crippen LogP contribution in [0.5, 0.6) is 0 Å². The minimum Gasteiger partial charge on any atom is -0.399 e. The van der Waals surface area contributed by atoms with Crippen LogP contribution in [-0.2, 0) is 0 Å². The summed E-state index contributed by atoms with van der Waals surface area (Å²) in [6.07, 6.45) is 0.278. The zero-order valence-corrected chi connectivity index (χ0v) is 8.42. The number of Topliss-reactive ketones (excluding diaryl/α,β-unsaturated/α-hetero) is 1. The van der Waals surface area contributed by atoms with Gasteiger partial charge in [0.25, 0.3) is 0 Å². The number of carbonyl (C=O) groups excluding carboxylic acids is 1. The Balaban J connectivity index is 2.89. The fraction of sp³-hybridized carbons (Fsp3) is 0.250. The summed E-state index contributed by atoms with van der Waals surface area (Å²) < 4.78 is 0. The maximum atomic E-state index is 11.5. The lowest BCUT2D eigenvalue weighted by molar-refractivity contribution is 0.0998. The highest BCUT2D eigenvalue weighted by Crippen LogP contribution is 2.13. The van der Waals surface area contributed by atoms with E-state index in [4.69, 9.17) is 5.73 Å². The molecule has 0 aliphatic carbocycles. The van der Waals surface area contributed by atoms with E-state index in [1.54, 1.807) is 25.1 Å². The van der Waals surface area contributed by atoms with Gasteiger partial charge in [0.05, 0.1) is 6.42 Å². The second-order valence-electron chi connectivity index (χ2n) is 3.10. The molecule has 0 aliphatic rings. The van der Waals surface area contributed by atoms with Gasteiger partial charge in [-0.2, -0.15) is 0 Å². The molecule has 0 amide bonds. The number of benzene rings is 1.